The van der Waals surface area contributed by atoms with Crippen molar-refractivity contribution in [2.24, 2.45) is 0 Å². The molecule has 3 nitrogen and oxygen atoms in total. The van der Waals surface area contributed by atoms with Crippen molar-refractivity contribution in [3.05, 3.63) is 29.8 Å². The third kappa shape index (κ3) is 4.51. The summed E-state index contributed by atoms with van der Waals surface area (Å²) in [6.07, 6.45) is 3.52. The molecule has 1 aliphatic heterocycles. The van der Waals surface area contributed by atoms with Gasteiger partial charge >= 0.3 is 0 Å². The first kappa shape index (κ1) is 14.4. The van der Waals surface area contributed by atoms with Gasteiger partial charge in [-0.2, -0.15) is 0 Å². The number of morpholine rings is 1. The Hall–Kier alpha value is -1.06. The Labute approximate surface area is 116 Å². The van der Waals surface area contributed by atoms with Crippen LogP contribution in [0.2, 0.25) is 0 Å². The van der Waals surface area contributed by atoms with Crippen LogP contribution in [-0.2, 0) is 11.2 Å². The molecule has 0 saturated carbocycles. The Morgan fingerprint density at radius 3 is 2.74 bits per heavy atom. The third-order valence-electron chi connectivity index (χ3n) is 3.73. The lowest BCUT2D eigenvalue weighted by atomic mass is 10.1. The summed E-state index contributed by atoms with van der Waals surface area (Å²) in [5.41, 5.74) is 2.73. The summed E-state index contributed by atoms with van der Waals surface area (Å²) in [4.78, 5) is 2.33. The minimum absolute atomic E-state index is 0.510. The molecule has 1 aliphatic rings. The molecule has 0 spiro atoms. The molecule has 0 bridgehead atoms. The lowest BCUT2D eigenvalue weighted by Gasteiger charge is -2.27. The Morgan fingerprint density at radius 1 is 1.32 bits per heavy atom. The maximum atomic E-state index is 5.48. The molecule has 1 atom stereocenters. The third-order valence-corrected chi connectivity index (χ3v) is 3.73. The maximum absolute atomic E-state index is 5.48. The second-order valence-electron chi connectivity index (χ2n) is 5.35. The molecular formula is C16H26N2O. The molecule has 1 saturated heterocycles. The molecule has 1 unspecified atom stereocenters. The van der Waals surface area contributed by atoms with E-state index in [1.165, 1.54) is 24.1 Å². The number of rotatable bonds is 6. The van der Waals surface area contributed by atoms with Gasteiger partial charge in [-0.25, -0.2) is 0 Å². The van der Waals surface area contributed by atoms with E-state index < -0.39 is 0 Å². The SMILES string of the molecule is CCCc1ccc(N(C)CCC2COCCN2)cc1. The highest BCUT2D eigenvalue weighted by Gasteiger charge is 2.13. The Bertz CT molecular complexity index is 358. The highest BCUT2D eigenvalue weighted by Crippen LogP contribution is 2.15. The van der Waals surface area contributed by atoms with Crippen LogP contribution >= 0.6 is 0 Å². The van der Waals surface area contributed by atoms with Crippen LogP contribution in [0, 0.1) is 0 Å². The van der Waals surface area contributed by atoms with Crippen LogP contribution in [0.4, 0.5) is 5.69 Å². The number of anilines is 1. The summed E-state index contributed by atoms with van der Waals surface area (Å²) < 4.78 is 5.48. The molecule has 1 heterocycles. The van der Waals surface area contributed by atoms with Gasteiger partial charge in [0, 0.05) is 31.9 Å². The van der Waals surface area contributed by atoms with E-state index in [0.29, 0.717) is 6.04 Å². The lowest BCUT2D eigenvalue weighted by molar-refractivity contribution is 0.0749. The van der Waals surface area contributed by atoms with Crippen LogP contribution in [-0.4, -0.2) is 39.4 Å². The number of hydrogen-bond donors (Lipinski definition) is 1. The summed E-state index contributed by atoms with van der Waals surface area (Å²) in [7, 11) is 2.17. The van der Waals surface area contributed by atoms with E-state index in [0.717, 1.165) is 32.7 Å². The summed E-state index contributed by atoms with van der Waals surface area (Å²) in [6, 6.07) is 9.47. The van der Waals surface area contributed by atoms with Crippen molar-refractivity contribution in [1.82, 2.24) is 5.32 Å². The summed E-state index contributed by atoms with van der Waals surface area (Å²) in [5.74, 6) is 0. The molecule has 1 fully saturated rings. The van der Waals surface area contributed by atoms with Gasteiger partial charge in [-0.1, -0.05) is 25.5 Å². The van der Waals surface area contributed by atoms with Gasteiger partial charge in [-0.3, -0.25) is 0 Å². The minimum Gasteiger partial charge on any atom is -0.379 e. The average Bonchev–Trinajstić information content (AvgIpc) is 2.47. The van der Waals surface area contributed by atoms with Gasteiger partial charge in [-0.05, 0) is 30.5 Å². The lowest BCUT2D eigenvalue weighted by Crippen LogP contribution is -2.42. The van der Waals surface area contributed by atoms with Gasteiger partial charge in [0.05, 0.1) is 13.2 Å². The van der Waals surface area contributed by atoms with Gasteiger partial charge in [-0.15, -0.1) is 0 Å². The Balaban J connectivity index is 1.79. The van der Waals surface area contributed by atoms with E-state index in [1.54, 1.807) is 0 Å². The van der Waals surface area contributed by atoms with Gasteiger partial charge < -0.3 is 15.0 Å². The number of ether oxygens (including phenoxy) is 1. The molecule has 1 N–H and O–H groups in total. The second-order valence-corrected chi connectivity index (χ2v) is 5.35. The van der Waals surface area contributed by atoms with E-state index in [9.17, 15) is 0 Å². The maximum Gasteiger partial charge on any atom is 0.0620 e. The summed E-state index contributed by atoms with van der Waals surface area (Å²) in [5, 5.41) is 3.50. The predicted octanol–water partition coefficient (Wildman–Crippen LogP) is 2.45. The quantitative estimate of drug-likeness (QED) is 0.852. The topological polar surface area (TPSA) is 24.5 Å². The number of nitrogens with zero attached hydrogens (tertiary/aromatic N) is 1. The number of hydrogen-bond acceptors (Lipinski definition) is 3. The van der Waals surface area contributed by atoms with Gasteiger partial charge in [0.25, 0.3) is 0 Å². The molecular weight excluding hydrogens is 236 g/mol. The van der Waals surface area contributed by atoms with Crippen molar-refractivity contribution >= 4 is 5.69 Å². The van der Waals surface area contributed by atoms with Crippen LogP contribution in [0.5, 0.6) is 0 Å². The first-order chi connectivity index (χ1) is 9.29. The smallest absolute Gasteiger partial charge is 0.0620 e. The molecule has 0 aromatic heterocycles. The van der Waals surface area contributed by atoms with Gasteiger partial charge in [0.2, 0.25) is 0 Å². The summed E-state index contributed by atoms with van der Waals surface area (Å²) in [6.45, 7) is 5.97. The zero-order valence-corrected chi connectivity index (χ0v) is 12.2. The molecule has 0 amide bonds. The van der Waals surface area contributed by atoms with Crippen LogP contribution in [0.25, 0.3) is 0 Å². The number of nitrogens with one attached hydrogen (secondary N) is 1. The fraction of sp³-hybridized carbons (Fsp3) is 0.625. The van der Waals surface area contributed by atoms with Crippen LogP contribution < -0.4 is 10.2 Å². The second kappa shape index (κ2) is 7.51. The van der Waals surface area contributed by atoms with E-state index in [4.69, 9.17) is 4.74 Å². The summed E-state index contributed by atoms with van der Waals surface area (Å²) >= 11 is 0. The van der Waals surface area contributed by atoms with E-state index in [-0.39, 0.29) is 0 Å². The normalized spacial score (nSPS) is 19.4. The van der Waals surface area contributed by atoms with Crippen LogP contribution in [0.15, 0.2) is 24.3 Å². The molecule has 2 rings (SSSR count). The molecule has 106 valence electrons. The van der Waals surface area contributed by atoms with Crippen molar-refractivity contribution in [3.8, 4) is 0 Å². The number of benzene rings is 1. The molecule has 1 aromatic rings. The van der Waals surface area contributed by atoms with E-state index >= 15 is 0 Å². The standard InChI is InChI=1S/C16H26N2O/c1-3-4-14-5-7-16(8-6-14)18(2)11-9-15-13-19-12-10-17-15/h5-8,15,17H,3-4,9-13H2,1-2H3. The molecule has 0 aliphatic carbocycles. The van der Waals surface area contributed by atoms with E-state index in [2.05, 4.69) is 48.5 Å². The predicted molar refractivity (Wildman–Crippen MR) is 80.9 cm³/mol. The molecule has 1 aromatic carbocycles. The average molecular weight is 262 g/mol. The van der Waals surface area contributed by atoms with Crippen LogP contribution in [0.1, 0.15) is 25.3 Å². The highest BCUT2D eigenvalue weighted by molar-refractivity contribution is 5.46. The van der Waals surface area contributed by atoms with Gasteiger partial charge in [0.1, 0.15) is 0 Å². The zero-order chi connectivity index (χ0) is 13.5. The fourth-order valence-corrected chi connectivity index (χ4v) is 2.49. The van der Waals surface area contributed by atoms with Gasteiger partial charge in [0.15, 0.2) is 0 Å². The van der Waals surface area contributed by atoms with Crippen molar-refractivity contribution in [2.45, 2.75) is 32.2 Å². The monoisotopic (exact) mass is 262 g/mol. The highest BCUT2D eigenvalue weighted by atomic mass is 16.5. The van der Waals surface area contributed by atoms with Crippen LogP contribution in [0.3, 0.4) is 0 Å². The van der Waals surface area contributed by atoms with Crippen molar-refractivity contribution in [3.63, 3.8) is 0 Å². The largest absolute Gasteiger partial charge is 0.379 e. The molecule has 0 radical (unpaired) electrons. The minimum atomic E-state index is 0.510. The first-order valence-corrected chi connectivity index (χ1v) is 7.41. The van der Waals surface area contributed by atoms with Crippen molar-refractivity contribution in [2.75, 3.05) is 38.3 Å². The first-order valence-electron chi connectivity index (χ1n) is 7.41. The number of aryl methyl sites for hydroxylation is 1. The molecule has 19 heavy (non-hydrogen) atoms. The Kier molecular flexibility index (Phi) is 5.67. The van der Waals surface area contributed by atoms with Crippen molar-refractivity contribution in [1.29, 1.82) is 0 Å². The zero-order valence-electron chi connectivity index (χ0n) is 12.2. The Morgan fingerprint density at radius 2 is 2.11 bits per heavy atom. The fourth-order valence-electron chi connectivity index (χ4n) is 2.49. The molecule has 3 heteroatoms. The van der Waals surface area contributed by atoms with E-state index in [1.807, 2.05) is 0 Å². The van der Waals surface area contributed by atoms with Crippen molar-refractivity contribution < 1.29 is 4.74 Å².